The molecule has 1 nitrogen and oxygen atoms in total. The molecule has 0 radical (unpaired) electrons. The van der Waals surface area contributed by atoms with Gasteiger partial charge in [0.15, 0.2) is 0 Å². The van der Waals surface area contributed by atoms with Gasteiger partial charge in [-0.1, -0.05) is 36.1 Å². The van der Waals surface area contributed by atoms with Crippen molar-refractivity contribution in [2.24, 2.45) is 0 Å². The average molecular weight is 203 g/mol. The molecule has 2 rings (SSSR count). The zero-order valence-electron chi connectivity index (χ0n) is 8.64. The van der Waals surface area contributed by atoms with E-state index in [1.54, 1.807) is 12.1 Å². The molecule has 0 aliphatic heterocycles. The summed E-state index contributed by atoms with van der Waals surface area (Å²) < 4.78 is 0. The quantitative estimate of drug-likeness (QED) is 0.604. The Morgan fingerprint density at radius 1 is 0.688 bits per heavy atom. The number of hydrogen-bond donors (Lipinski definition) is 0. The fourth-order valence-electron chi connectivity index (χ4n) is 1.33. The van der Waals surface area contributed by atoms with Crippen LogP contribution in [0.25, 0.3) is 0 Å². The number of hydrogen-bond acceptors (Lipinski definition) is 1. The molecule has 74 valence electrons. The van der Waals surface area contributed by atoms with Crippen molar-refractivity contribution in [1.29, 1.82) is 5.26 Å². The van der Waals surface area contributed by atoms with E-state index in [2.05, 4.69) is 17.9 Å². The van der Waals surface area contributed by atoms with Gasteiger partial charge in [0.1, 0.15) is 0 Å². The first kappa shape index (κ1) is 10.0. The Balaban J connectivity index is 2.28. The highest BCUT2D eigenvalue weighted by atomic mass is 14.2. The Kier molecular flexibility index (Phi) is 3.02. The lowest BCUT2D eigenvalue weighted by molar-refractivity contribution is 1.48. The lowest BCUT2D eigenvalue weighted by Gasteiger charge is -1.91. The van der Waals surface area contributed by atoms with Crippen LogP contribution in [0.1, 0.15) is 16.7 Å². The molecule has 0 saturated heterocycles. The van der Waals surface area contributed by atoms with Gasteiger partial charge in [-0.25, -0.2) is 0 Å². The fraction of sp³-hybridized carbons (Fsp3) is 0. The third-order valence-corrected chi connectivity index (χ3v) is 2.12. The van der Waals surface area contributed by atoms with Gasteiger partial charge < -0.3 is 0 Å². The highest BCUT2D eigenvalue weighted by Gasteiger charge is 1.90. The summed E-state index contributed by atoms with van der Waals surface area (Å²) >= 11 is 0. The van der Waals surface area contributed by atoms with Crippen LogP contribution in [0.5, 0.6) is 0 Å². The van der Waals surface area contributed by atoms with E-state index in [1.807, 2.05) is 42.5 Å². The molecule has 0 amide bonds. The van der Waals surface area contributed by atoms with Gasteiger partial charge in [0.2, 0.25) is 0 Å². The minimum absolute atomic E-state index is 0.639. The number of rotatable bonds is 0. The average Bonchev–Trinajstić information content (AvgIpc) is 2.38. The van der Waals surface area contributed by atoms with Crippen LogP contribution in [0.15, 0.2) is 54.6 Å². The third kappa shape index (κ3) is 2.50. The van der Waals surface area contributed by atoms with Crippen LogP contribution in [-0.2, 0) is 0 Å². The van der Waals surface area contributed by atoms with E-state index >= 15 is 0 Å². The van der Waals surface area contributed by atoms with Crippen LogP contribution in [0.4, 0.5) is 0 Å². The molecular formula is C15H9N. The summed E-state index contributed by atoms with van der Waals surface area (Å²) in [7, 11) is 0. The van der Waals surface area contributed by atoms with Crippen LogP contribution >= 0.6 is 0 Å². The first-order valence-corrected chi connectivity index (χ1v) is 4.96. The molecule has 0 heterocycles. The molecule has 0 fully saturated rings. The second kappa shape index (κ2) is 4.82. The van der Waals surface area contributed by atoms with Gasteiger partial charge in [-0.15, -0.1) is 0 Å². The molecule has 0 aromatic heterocycles. The number of nitrogens with zero attached hydrogens (tertiary/aromatic N) is 1. The predicted molar refractivity (Wildman–Crippen MR) is 63.6 cm³/mol. The summed E-state index contributed by atoms with van der Waals surface area (Å²) in [5, 5.41) is 8.75. The molecular weight excluding hydrogens is 194 g/mol. The summed E-state index contributed by atoms with van der Waals surface area (Å²) in [4.78, 5) is 0. The minimum atomic E-state index is 0.639. The SMILES string of the molecule is N#Cc1cccc(C#Cc2ccccc2)c1. The molecule has 2 aromatic carbocycles. The Hall–Kier alpha value is -2.51. The molecule has 0 saturated carbocycles. The molecule has 2 aromatic rings. The van der Waals surface area contributed by atoms with Crippen molar-refractivity contribution in [3.05, 3.63) is 71.3 Å². The lowest BCUT2D eigenvalue weighted by Crippen LogP contribution is -1.78. The summed E-state index contributed by atoms with van der Waals surface area (Å²) in [5.41, 5.74) is 2.48. The number of benzene rings is 2. The molecule has 0 atom stereocenters. The maximum Gasteiger partial charge on any atom is 0.0992 e. The first-order chi connectivity index (χ1) is 7.88. The van der Waals surface area contributed by atoms with Gasteiger partial charge in [0.25, 0.3) is 0 Å². The fourth-order valence-corrected chi connectivity index (χ4v) is 1.33. The molecule has 0 bridgehead atoms. The highest BCUT2D eigenvalue weighted by Crippen LogP contribution is 2.03. The third-order valence-electron chi connectivity index (χ3n) is 2.12. The van der Waals surface area contributed by atoms with Crippen molar-refractivity contribution in [3.8, 4) is 17.9 Å². The monoisotopic (exact) mass is 203 g/mol. The van der Waals surface area contributed by atoms with Crippen molar-refractivity contribution in [2.45, 2.75) is 0 Å². The van der Waals surface area contributed by atoms with E-state index in [0.29, 0.717) is 5.56 Å². The van der Waals surface area contributed by atoms with E-state index in [4.69, 9.17) is 5.26 Å². The van der Waals surface area contributed by atoms with E-state index in [0.717, 1.165) is 11.1 Å². The Morgan fingerprint density at radius 3 is 2.06 bits per heavy atom. The van der Waals surface area contributed by atoms with Crippen LogP contribution in [0.3, 0.4) is 0 Å². The van der Waals surface area contributed by atoms with Gasteiger partial charge in [-0.05, 0) is 30.3 Å². The summed E-state index contributed by atoms with van der Waals surface area (Å²) in [6.45, 7) is 0. The van der Waals surface area contributed by atoms with Crippen molar-refractivity contribution >= 4 is 0 Å². The molecule has 0 aliphatic carbocycles. The van der Waals surface area contributed by atoms with Gasteiger partial charge >= 0.3 is 0 Å². The van der Waals surface area contributed by atoms with Crippen molar-refractivity contribution in [3.63, 3.8) is 0 Å². The van der Waals surface area contributed by atoms with Crippen LogP contribution in [-0.4, -0.2) is 0 Å². The highest BCUT2D eigenvalue weighted by molar-refractivity contribution is 5.45. The topological polar surface area (TPSA) is 23.8 Å². The Bertz CT molecular complexity index is 580. The maximum absolute atomic E-state index is 8.75. The molecule has 0 unspecified atom stereocenters. The van der Waals surface area contributed by atoms with Crippen LogP contribution in [0.2, 0.25) is 0 Å². The van der Waals surface area contributed by atoms with Crippen molar-refractivity contribution < 1.29 is 0 Å². The van der Waals surface area contributed by atoms with Crippen molar-refractivity contribution in [2.75, 3.05) is 0 Å². The van der Waals surface area contributed by atoms with E-state index in [9.17, 15) is 0 Å². The van der Waals surface area contributed by atoms with Gasteiger partial charge in [0.05, 0.1) is 11.6 Å². The minimum Gasteiger partial charge on any atom is -0.192 e. The molecule has 0 aliphatic rings. The van der Waals surface area contributed by atoms with Gasteiger partial charge in [-0.2, -0.15) is 5.26 Å². The maximum atomic E-state index is 8.75. The largest absolute Gasteiger partial charge is 0.192 e. The molecule has 0 spiro atoms. The zero-order chi connectivity index (χ0) is 11.2. The standard InChI is InChI=1S/C15H9N/c16-12-15-8-4-7-14(11-15)10-9-13-5-2-1-3-6-13/h1-8,11H. The predicted octanol–water partition coefficient (Wildman–Crippen LogP) is 2.96. The van der Waals surface area contributed by atoms with Gasteiger partial charge in [-0.3, -0.25) is 0 Å². The molecule has 16 heavy (non-hydrogen) atoms. The molecule has 1 heteroatoms. The van der Waals surface area contributed by atoms with E-state index < -0.39 is 0 Å². The smallest absolute Gasteiger partial charge is 0.0992 e. The first-order valence-electron chi connectivity index (χ1n) is 4.96. The summed E-state index contributed by atoms with van der Waals surface area (Å²) in [6.07, 6.45) is 0. The van der Waals surface area contributed by atoms with E-state index in [-0.39, 0.29) is 0 Å². The summed E-state index contributed by atoms with van der Waals surface area (Å²) in [5.74, 6) is 6.09. The molecule has 0 N–H and O–H groups in total. The Morgan fingerprint density at radius 2 is 1.31 bits per heavy atom. The number of nitriles is 1. The van der Waals surface area contributed by atoms with Gasteiger partial charge in [0, 0.05) is 11.1 Å². The lowest BCUT2D eigenvalue weighted by atomic mass is 10.1. The second-order valence-electron chi connectivity index (χ2n) is 3.31. The van der Waals surface area contributed by atoms with Crippen molar-refractivity contribution in [1.82, 2.24) is 0 Å². The second-order valence-corrected chi connectivity index (χ2v) is 3.31. The normalized spacial score (nSPS) is 8.69. The van der Waals surface area contributed by atoms with Crippen LogP contribution < -0.4 is 0 Å². The summed E-state index contributed by atoms with van der Waals surface area (Å²) in [6, 6.07) is 19.2. The van der Waals surface area contributed by atoms with E-state index in [1.165, 1.54) is 0 Å². The zero-order valence-corrected chi connectivity index (χ0v) is 8.64. The Labute approximate surface area is 95.0 Å². The van der Waals surface area contributed by atoms with Crippen LogP contribution in [0, 0.1) is 23.2 Å².